The molecule has 6 heteroatoms. The number of allylic oxidation sites excluding steroid dienone is 1. The molecule has 0 aromatic rings. The van der Waals surface area contributed by atoms with Crippen LogP contribution in [0.5, 0.6) is 0 Å². The van der Waals surface area contributed by atoms with Crippen LogP contribution >= 0.6 is 11.6 Å². The zero-order chi connectivity index (χ0) is 17.5. The molecule has 3 aliphatic rings. The molecule has 3 rings (SSSR count). The summed E-state index contributed by atoms with van der Waals surface area (Å²) in [6, 6.07) is 0. The molecule has 24 heavy (non-hydrogen) atoms. The minimum absolute atomic E-state index is 0.0543. The molecule has 2 aliphatic heterocycles. The van der Waals surface area contributed by atoms with Gasteiger partial charge in [-0.15, -0.1) is 11.6 Å². The molecule has 2 heterocycles. The second-order valence-corrected chi connectivity index (χ2v) is 7.83. The number of hydrogen-bond donors (Lipinski definition) is 1. The molecule has 1 amide bonds. The summed E-state index contributed by atoms with van der Waals surface area (Å²) in [6.07, 6.45) is 7.30. The van der Waals surface area contributed by atoms with Crippen LogP contribution < -0.4 is 5.32 Å². The Kier molecular flexibility index (Phi) is 4.69. The summed E-state index contributed by atoms with van der Waals surface area (Å²) in [5, 5.41) is 2.96. The molecule has 0 aromatic carbocycles. The van der Waals surface area contributed by atoms with Gasteiger partial charge in [-0.25, -0.2) is 4.79 Å². The van der Waals surface area contributed by atoms with E-state index in [1.165, 1.54) is 0 Å². The zero-order valence-electron chi connectivity index (χ0n) is 14.5. The topological polar surface area (TPSA) is 64.6 Å². The number of ether oxygens (including phenoxy) is 2. The van der Waals surface area contributed by atoms with Crippen LogP contribution in [0, 0.1) is 11.8 Å². The van der Waals surface area contributed by atoms with Crippen molar-refractivity contribution in [3.63, 3.8) is 0 Å². The predicted molar refractivity (Wildman–Crippen MR) is 90.7 cm³/mol. The van der Waals surface area contributed by atoms with Crippen molar-refractivity contribution in [3.8, 4) is 0 Å². The lowest BCUT2D eigenvalue weighted by Crippen LogP contribution is -2.80. The van der Waals surface area contributed by atoms with Gasteiger partial charge < -0.3 is 14.8 Å². The Morgan fingerprint density at radius 1 is 1.46 bits per heavy atom. The highest BCUT2D eigenvalue weighted by molar-refractivity contribution is 6.18. The average Bonchev–Trinajstić information content (AvgIpc) is 2.71. The van der Waals surface area contributed by atoms with E-state index in [-0.39, 0.29) is 23.9 Å². The molecule has 0 saturated carbocycles. The number of alkyl halides is 1. The van der Waals surface area contributed by atoms with Crippen molar-refractivity contribution < 1.29 is 19.1 Å². The normalized spacial score (nSPS) is 39.2. The van der Waals surface area contributed by atoms with E-state index in [0.29, 0.717) is 12.3 Å². The highest BCUT2D eigenvalue weighted by Gasteiger charge is 2.79. The Balaban J connectivity index is 2.01. The van der Waals surface area contributed by atoms with E-state index < -0.39 is 23.2 Å². The first-order valence-corrected chi connectivity index (χ1v) is 9.34. The molecule has 1 N–H and O–H groups in total. The summed E-state index contributed by atoms with van der Waals surface area (Å²) < 4.78 is 11.8. The van der Waals surface area contributed by atoms with Crippen LogP contribution in [0.2, 0.25) is 0 Å². The lowest BCUT2D eigenvalue weighted by molar-refractivity contribution is -0.246. The summed E-state index contributed by atoms with van der Waals surface area (Å²) in [4.78, 5) is 25.2. The summed E-state index contributed by atoms with van der Waals surface area (Å²) in [5.41, 5.74) is -2.02. The molecule has 2 saturated heterocycles. The van der Waals surface area contributed by atoms with Gasteiger partial charge in [-0.05, 0) is 46.5 Å². The number of rotatable bonds is 6. The van der Waals surface area contributed by atoms with Crippen LogP contribution in [-0.4, -0.2) is 41.1 Å². The molecule has 0 spiro atoms. The molecule has 1 unspecified atom stereocenters. The highest BCUT2D eigenvalue weighted by Crippen LogP contribution is 2.54. The van der Waals surface area contributed by atoms with Gasteiger partial charge in [-0.3, -0.25) is 4.79 Å². The number of fused-ring (bicyclic) bond motifs is 1. The fourth-order valence-corrected chi connectivity index (χ4v) is 4.67. The van der Waals surface area contributed by atoms with Crippen LogP contribution in [0.15, 0.2) is 12.2 Å². The Morgan fingerprint density at radius 3 is 2.75 bits per heavy atom. The van der Waals surface area contributed by atoms with Crippen molar-refractivity contribution >= 4 is 23.5 Å². The molecular weight excluding hydrogens is 330 g/mol. The standard InChI is InChI=1S/C18H26ClNO4/c1-11(2)23-14(12-7-5-4-6-8-12)18-16(22)24-17(18,3)13(9-10-19)15(21)20-18/h5,7,11-14H,4,6,8-10H2,1-3H3,(H,20,21)/t12-,13+,14+,17+,18?/m1/s1. The first kappa shape index (κ1) is 17.7. The molecule has 2 fully saturated rings. The number of nitrogens with one attached hydrogen (secondary N) is 1. The van der Waals surface area contributed by atoms with E-state index in [1.807, 2.05) is 20.8 Å². The molecule has 1 aliphatic carbocycles. The maximum atomic E-state index is 12.6. The SMILES string of the molecule is CC(C)O[C@@H]([C@@H]1C=CCCC1)C12NC(=O)[C@H](CCCl)[C@]1(C)OC2=O. The Bertz CT molecular complexity index is 563. The minimum Gasteiger partial charge on any atom is -0.453 e. The molecule has 0 bridgehead atoms. The van der Waals surface area contributed by atoms with Gasteiger partial charge in [0, 0.05) is 11.8 Å². The number of carbonyl (C=O) groups is 2. The van der Waals surface area contributed by atoms with Gasteiger partial charge in [0.1, 0.15) is 6.10 Å². The van der Waals surface area contributed by atoms with E-state index in [1.54, 1.807) is 0 Å². The van der Waals surface area contributed by atoms with E-state index in [2.05, 4.69) is 17.5 Å². The van der Waals surface area contributed by atoms with Gasteiger partial charge >= 0.3 is 5.97 Å². The van der Waals surface area contributed by atoms with Gasteiger partial charge in [-0.1, -0.05) is 12.2 Å². The lowest BCUT2D eigenvalue weighted by atomic mass is 9.64. The smallest absolute Gasteiger partial charge is 0.339 e. The van der Waals surface area contributed by atoms with E-state index in [4.69, 9.17) is 21.1 Å². The molecule has 134 valence electrons. The van der Waals surface area contributed by atoms with Crippen molar-refractivity contribution in [1.82, 2.24) is 5.32 Å². The van der Waals surface area contributed by atoms with Crippen LogP contribution in [0.1, 0.15) is 46.5 Å². The summed E-state index contributed by atoms with van der Waals surface area (Å²) in [6.45, 7) is 5.74. The quantitative estimate of drug-likeness (QED) is 0.452. The van der Waals surface area contributed by atoms with Crippen molar-refractivity contribution in [1.29, 1.82) is 0 Å². The highest BCUT2D eigenvalue weighted by atomic mass is 35.5. The number of carbonyl (C=O) groups excluding carboxylic acids is 2. The number of amides is 1. The van der Waals surface area contributed by atoms with Crippen LogP contribution in [0.3, 0.4) is 0 Å². The Labute approximate surface area is 148 Å². The van der Waals surface area contributed by atoms with Gasteiger partial charge in [0.05, 0.1) is 12.0 Å². The Hall–Kier alpha value is -1.07. The third kappa shape index (κ3) is 2.39. The number of hydrogen-bond acceptors (Lipinski definition) is 4. The van der Waals surface area contributed by atoms with Crippen molar-refractivity contribution in [2.45, 2.75) is 69.8 Å². The molecular formula is C18H26ClNO4. The second-order valence-electron chi connectivity index (χ2n) is 7.45. The third-order valence-corrected chi connectivity index (χ3v) is 5.85. The molecule has 5 atom stereocenters. The van der Waals surface area contributed by atoms with Crippen molar-refractivity contribution in [3.05, 3.63) is 12.2 Å². The molecule has 0 radical (unpaired) electrons. The lowest BCUT2D eigenvalue weighted by Gasteiger charge is -2.56. The first-order chi connectivity index (χ1) is 11.4. The van der Waals surface area contributed by atoms with Gasteiger partial charge in [0.25, 0.3) is 0 Å². The summed E-state index contributed by atoms with van der Waals surface area (Å²) in [5.74, 6) is -0.552. The van der Waals surface area contributed by atoms with Gasteiger partial charge in [0.2, 0.25) is 11.4 Å². The van der Waals surface area contributed by atoms with Gasteiger partial charge in [0.15, 0.2) is 5.60 Å². The van der Waals surface area contributed by atoms with E-state index in [9.17, 15) is 9.59 Å². The summed E-state index contributed by atoms with van der Waals surface area (Å²) >= 11 is 5.88. The summed E-state index contributed by atoms with van der Waals surface area (Å²) in [7, 11) is 0. The monoisotopic (exact) mass is 355 g/mol. The van der Waals surface area contributed by atoms with Gasteiger partial charge in [-0.2, -0.15) is 0 Å². The van der Waals surface area contributed by atoms with Crippen LogP contribution in [-0.2, 0) is 19.1 Å². The molecule has 0 aromatic heterocycles. The maximum absolute atomic E-state index is 12.6. The zero-order valence-corrected chi connectivity index (χ0v) is 15.3. The third-order valence-electron chi connectivity index (χ3n) is 5.64. The van der Waals surface area contributed by atoms with E-state index >= 15 is 0 Å². The fraction of sp³-hybridized carbons (Fsp3) is 0.778. The largest absolute Gasteiger partial charge is 0.453 e. The van der Waals surface area contributed by atoms with Crippen LogP contribution in [0.25, 0.3) is 0 Å². The predicted octanol–water partition coefficient (Wildman–Crippen LogP) is 2.57. The average molecular weight is 356 g/mol. The number of esters is 1. The van der Waals surface area contributed by atoms with E-state index in [0.717, 1.165) is 19.3 Å². The molecule has 5 nitrogen and oxygen atoms in total. The number of halogens is 1. The fourth-order valence-electron chi connectivity index (χ4n) is 4.46. The van der Waals surface area contributed by atoms with Crippen molar-refractivity contribution in [2.24, 2.45) is 11.8 Å². The Morgan fingerprint density at radius 2 is 2.21 bits per heavy atom. The van der Waals surface area contributed by atoms with Crippen LogP contribution in [0.4, 0.5) is 0 Å². The maximum Gasteiger partial charge on any atom is 0.339 e. The second kappa shape index (κ2) is 6.34. The van der Waals surface area contributed by atoms with Crippen molar-refractivity contribution in [2.75, 3.05) is 5.88 Å². The first-order valence-electron chi connectivity index (χ1n) is 8.80. The minimum atomic E-state index is -1.11.